The molecule has 86 valence electrons. The largest absolute Gasteiger partial charge is 0.353 e. The first-order valence-corrected chi connectivity index (χ1v) is 5.35. The molecule has 0 unspecified atom stereocenters. The summed E-state index contributed by atoms with van der Waals surface area (Å²) in [6.07, 6.45) is 3.15. The van der Waals surface area contributed by atoms with Gasteiger partial charge in [-0.1, -0.05) is 12.2 Å². The number of nitrogens with one attached hydrogen (secondary N) is 1. The second-order valence-electron chi connectivity index (χ2n) is 3.14. The molecule has 16 heavy (non-hydrogen) atoms. The Bertz CT molecular complexity index is 409. The Hall–Kier alpha value is -1.23. The summed E-state index contributed by atoms with van der Waals surface area (Å²) in [4.78, 5) is 10.5. The molecule has 0 radical (unpaired) electrons. The molecule has 1 aromatic carbocycles. The number of hydrogen-bond donors (Lipinski definition) is 1. The summed E-state index contributed by atoms with van der Waals surface area (Å²) in [7, 11) is 0. The zero-order chi connectivity index (χ0) is 12.1. The van der Waals surface area contributed by atoms with E-state index >= 15 is 0 Å². The van der Waals surface area contributed by atoms with Gasteiger partial charge in [-0.15, -0.1) is 0 Å². The molecule has 0 saturated heterocycles. The summed E-state index contributed by atoms with van der Waals surface area (Å²) < 4.78 is 26.0. The number of hydrogen-bond acceptors (Lipinski definition) is 1. The number of benzene rings is 1. The number of halogens is 3. The van der Waals surface area contributed by atoms with E-state index in [1.807, 2.05) is 0 Å². The summed E-state index contributed by atoms with van der Waals surface area (Å²) in [5.41, 5.74) is 0.406. The standard InChI is InChI=1S/C11H10BrF2NO/c1-7(16)15-4-2-3-8-5-9(13)11(12)10(14)6-8/h2-3,5-6H,4H2,1H3,(H,15,16). The third kappa shape index (κ3) is 3.73. The van der Waals surface area contributed by atoms with Gasteiger partial charge in [-0.2, -0.15) is 0 Å². The van der Waals surface area contributed by atoms with Crippen LogP contribution in [0.25, 0.3) is 6.08 Å². The maximum Gasteiger partial charge on any atom is 0.217 e. The van der Waals surface area contributed by atoms with Gasteiger partial charge >= 0.3 is 0 Å². The SMILES string of the molecule is CC(=O)NCC=Cc1cc(F)c(Br)c(F)c1. The molecule has 0 spiro atoms. The van der Waals surface area contributed by atoms with Crippen LogP contribution in [0.2, 0.25) is 0 Å². The van der Waals surface area contributed by atoms with Gasteiger partial charge in [0.05, 0.1) is 4.47 Å². The third-order valence-electron chi connectivity index (χ3n) is 1.79. The van der Waals surface area contributed by atoms with Crippen LogP contribution in [-0.2, 0) is 4.79 Å². The predicted molar refractivity (Wildman–Crippen MR) is 61.8 cm³/mol. The Morgan fingerprint density at radius 2 is 2.00 bits per heavy atom. The molecule has 0 aliphatic rings. The van der Waals surface area contributed by atoms with Crippen molar-refractivity contribution in [2.45, 2.75) is 6.92 Å². The second-order valence-corrected chi connectivity index (χ2v) is 3.93. The van der Waals surface area contributed by atoms with Crippen molar-refractivity contribution in [3.05, 3.63) is 39.9 Å². The van der Waals surface area contributed by atoms with Crippen molar-refractivity contribution in [2.75, 3.05) is 6.54 Å². The maximum atomic E-state index is 13.1. The van der Waals surface area contributed by atoms with Crippen molar-refractivity contribution in [3.63, 3.8) is 0 Å². The van der Waals surface area contributed by atoms with Crippen LogP contribution >= 0.6 is 15.9 Å². The van der Waals surface area contributed by atoms with Crippen LogP contribution in [-0.4, -0.2) is 12.5 Å². The molecule has 1 N–H and O–H groups in total. The Kier molecular flexibility index (Phi) is 4.61. The van der Waals surface area contributed by atoms with Crippen molar-refractivity contribution in [3.8, 4) is 0 Å². The van der Waals surface area contributed by atoms with E-state index in [4.69, 9.17) is 0 Å². The molecule has 0 aliphatic heterocycles. The van der Waals surface area contributed by atoms with Crippen molar-refractivity contribution < 1.29 is 13.6 Å². The number of carbonyl (C=O) groups excluding carboxylic acids is 1. The molecule has 0 aromatic heterocycles. The topological polar surface area (TPSA) is 29.1 Å². The molecule has 0 aliphatic carbocycles. The zero-order valence-electron chi connectivity index (χ0n) is 8.56. The first-order chi connectivity index (χ1) is 7.50. The van der Waals surface area contributed by atoms with Crippen LogP contribution in [0, 0.1) is 11.6 Å². The van der Waals surface area contributed by atoms with E-state index in [9.17, 15) is 13.6 Å². The second kappa shape index (κ2) is 5.75. The highest BCUT2D eigenvalue weighted by Crippen LogP contribution is 2.21. The highest BCUT2D eigenvalue weighted by atomic mass is 79.9. The first-order valence-electron chi connectivity index (χ1n) is 4.56. The van der Waals surface area contributed by atoms with Crippen LogP contribution in [0.4, 0.5) is 8.78 Å². The summed E-state index contributed by atoms with van der Waals surface area (Å²) in [6, 6.07) is 2.41. The molecule has 0 heterocycles. The fourth-order valence-electron chi connectivity index (χ4n) is 1.07. The van der Waals surface area contributed by atoms with Gasteiger partial charge in [-0.25, -0.2) is 8.78 Å². The molecular formula is C11H10BrF2NO. The van der Waals surface area contributed by atoms with Gasteiger partial charge in [0.2, 0.25) is 5.91 Å². The third-order valence-corrected chi connectivity index (χ3v) is 2.54. The lowest BCUT2D eigenvalue weighted by Crippen LogP contribution is -2.19. The fraction of sp³-hybridized carbons (Fsp3) is 0.182. The summed E-state index contributed by atoms with van der Waals surface area (Å²) >= 11 is 2.78. The Morgan fingerprint density at radius 3 is 2.50 bits per heavy atom. The Labute approximate surface area is 100 Å². The van der Waals surface area contributed by atoms with Gasteiger partial charge < -0.3 is 5.32 Å². The molecule has 0 atom stereocenters. The minimum atomic E-state index is -0.654. The number of amides is 1. The monoisotopic (exact) mass is 289 g/mol. The van der Waals surface area contributed by atoms with Gasteiger partial charge in [0.15, 0.2) is 0 Å². The normalized spacial score (nSPS) is 10.8. The first kappa shape index (κ1) is 12.8. The van der Waals surface area contributed by atoms with Gasteiger partial charge in [-0.3, -0.25) is 4.79 Å². The molecule has 0 fully saturated rings. The van der Waals surface area contributed by atoms with Crippen molar-refractivity contribution >= 4 is 27.9 Å². The molecule has 2 nitrogen and oxygen atoms in total. The highest BCUT2D eigenvalue weighted by Gasteiger charge is 2.06. The minimum absolute atomic E-state index is 0.155. The van der Waals surface area contributed by atoms with Crippen LogP contribution in [0.5, 0.6) is 0 Å². The highest BCUT2D eigenvalue weighted by molar-refractivity contribution is 9.10. The fourth-order valence-corrected chi connectivity index (χ4v) is 1.30. The smallest absolute Gasteiger partial charge is 0.217 e. The molecule has 0 saturated carbocycles. The summed E-state index contributed by atoms with van der Waals surface area (Å²) in [5, 5.41) is 2.53. The lowest BCUT2D eigenvalue weighted by atomic mass is 10.2. The van der Waals surface area contributed by atoms with Crippen molar-refractivity contribution in [1.29, 1.82) is 0 Å². The molecule has 0 bridgehead atoms. The lowest BCUT2D eigenvalue weighted by Gasteiger charge is -1.99. The van der Waals surface area contributed by atoms with Crippen molar-refractivity contribution in [2.24, 2.45) is 0 Å². The lowest BCUT2D eigenvalue weighted by molar-refractivity contribution is -0.118. The maximum absolute atomic E-state index is 13.1. The van der Waals surface area contributed by atoms with Gasteiger partial charge in [-0.05, 0) is 33.6 Å². The molecule has 5 heteroatoms. The average molecular weight is 290 g/mol. The van der Waals surface area contributed by atoms with Crippen LogP contribution < -0.4 is 5.32 Å². The Balaban J connectivity index is 2.71. The summed E-state index contributed by atoms with van der Waals surface area (Å²) in [5.74, 6) is -1.46. The van der Waals surface area contributed by atoms with E-state index in [0.717, 1.165) is 0 Å². The van der Waals surface area contributed by atoms with Gasteiger partial charge in [0.25, 0.3) is 0 Å². The minimum Gasteiger partial charge on any atom is -0.353 e. The van der Waals surface area contributed by atoms with Crippen LogP contribution in [0.1, 0.15) is 12.5 Å². The molecule has 1 aromatic rings. The van der Waals surface area contributed by atoms with E-state index in [1.54, 1.807) is 6.08 Å². The molecular weight excluding hydrogens is 280 g/mol. The van der Waals surface area contributed by atoms with E-state index in [1.165, 1.54) is 25.1 Å². The summed E-state index contributed by atoms with van der Waals surface area (Å²) in [6.45, 7) is 1.72. The predicted octanol–water partition coefficient (Wildman–Crippen LogP) is 2.88. The number of rotatable bonds is 3. The number of carbonyl (C=O) groups is 1. The van der Waals surface area contributed by atoms with Crippen LogP contribution in [0.3, 0.4) is 0 Å². The van der Waals surface area contributed by atoms with Gasteiger partial charge in [0.1, 0.15) is 11.6 Å². The molecule has 1 rings (SSSR count). The Morgan fingerprint density at radius 1 is 1.44 bits per heavy atom. The van der Waals surface area contributed by atoms with Crippen LogP contribution in [0.15, 0.2) is 22.7 Å². The zero-order valence-corrected chi connectivity index (χ0v) is 10.1. The molecule has 1 amide bonds. The van der Waals surface area contributed by atoms with E-state index in [-0.39, 0.29) is 10.4 Å². The van der Waals surface area contributed by atoms with Gasteiger partial charge in [0, 0.05) is 13.5 Å². The van der Waals surface area contributed by atoms with E-state index in [0.29, 0.717) is 12.1 Å². The quantitative estimate of drug-likeness (QED) is 0.852. The van der Waals surface area contributed by atoms with E-state index in [2.05, 4.69) is 21.2 Å². The van der Waals surface area contributed by atoms with E-state index < -0.39 is 11.6 Å². The van der Waals surface area contributed by atoms with Crippen molar-refractivity contribution in [1.82, 2.24) is 5.32 Å². The average Bonchev–Trinajstić information content (AvgIpc) is 2.20.